The average molecular weight is 459 g/mol. The highest BCUT2D eigenvalue weighted by Crippen LogP contribution is 2.37. The van der Waals surface area contributed by atoms with Crippen molar-refractivity contribution in [2.45, 2.75) is 23.6 Å². The number of benzene rings is 3. The molecule has 5 rings (SSSR count). The molecule has 1 N–H and O–H groups in total. The van der Waals surface area contributed by atoms with E-state index in [1.54, 1.807) is 0 Å². The number of rotatable bonds is 5. The van der Waals surface area contributed by atoms with Crippen molar-refractivity contribution in [2.75, 3.05) is 67.1 Å². The molecule has 3 aromatic rings. The van der Waals surface area contributed by atoms with E-state index in [0.717, 1.165) is 52.4 Å². The first-order valence-electron chi connectivity index (χ1n) is 12.1. The summed E-state index contributed by atoms with van der Waals surface area (Å²) in [7, 11) is 0. The molecule has 172 valence electrons. The van der Waals surface area contributed by atoms with Crippen molar-refractivity contribution >= 4 is 28.8 Å². The molecule has 4 nitrogen and oxygen atoms in total. The maximum atomic E-state index is 3.43. The summed E-state index contributed by atoms with van der Waals surface area (Å²) in [6.07, 6.45) is 0. The highest BCUT2D eigenvalue weighted by atomic mass is 32.2. The molecule has 0 aliphatic carbocycles. The maximum Gasteiger partial charge on any atom is 0.0509 e. The Morgan fingerprint density at radius 3 is 1.91 bits per heavy atom. The van der Waals surface area contributed by atoms with Crippen molar-refractivity contribution in [3.63, 3.8) is 0 Å². The van der Waals surface area contributed by atoms with Crippen molar-refractivity contribution in [3.8, 4) is 0 Å². The van der Waals surface area contributed by atoms with Gasteiger partial charge in [0.1, 0.15) is 0 Å². The summed E-state index contributed by atoms with van der Waals surface area (Å²) in [5.41, 5.74) is 6.71. The smallest absolute Gasteiger partial charge is 0.0509 e. The fourth-order valence-corrected chi connectivity index (χ4v) is 5.88. The third kappa shape index (κ3) is 5.15. The lowest BCUT2D eigenvalue weighted by Crippen LogP contribution is -2.46. The van der Waals surface area contributed by atoms with Gasteiger partial charge in [-0.1, -0.05) is 41.6 Å². The topological polar surface area (TPSA) is 21.8 Å². The first kappa shape index (κ1) is 22.2. The van der Waals surface area contributed by atoms with Gasteiger partial charge in [-0.25, -0.2) is 0 Å². The summed E-state index contributed by atoms with van der Waals surface area (Å²) >= 11 is 1.89. The Balaban J connectivity index is 1.24. The Kier molecular flexibility index (Phi) is 6.79. The zero-order chi connectivity index (χ0) is 22.6. The quantitative estimate of drug-likeness (QED) is 0.566. The number of aryl methyl sites for hydroxylation is 2. The highest BCUT2D eigenvalue weighted by Gasteiger charge is 2.20. The molecule has 2 heterocycles. The van der Waals surface area contributed by atoms with Crippen LogP contribution in [0.15, 0.2) is 76.5 Å². The summed E-state index contributed by atoms with van der Waals surface area (Å²) in [4.78, 5) is 10.2. The molecule has 0 radical (unpaired) electrons. The minimum atomic E-state index is 1.05. The Morgan fingerprint density at radius 1 is 0.636 bits per heavy atom. The molecule has 0 aromatic heterocycles. The van der Waals surface area contributed by atoms with Crippen LogP contribution in [0.2, 0.25) is 0 Å². The molecule has 3 aromatic carbocycles. The van der Waals surface area contributed by atoms with Crippen LogP contribution in [0.5, 0.6) is 0 Å². The molecule has 2 fully saturated rings. The summed E-state index contributed by atoms with van der Waals surface area (Å²) in [6, 6.07) is 24.8. The van der Waals surface area contributed by atoms with Crippen LogP contribution >= 0.6 is 11.8 Å². The zero-order valence-electron chi connectivity index (χ0n) is 19.8. The number of para-hydroxylation sites is 1. The highest BCUT2D eigenvalue weighted by molar-refractivity contribution is 7.99. The normalized spacial score (nSPS) is 16.8. The Labute approximate surface area is 202 Å². The Hall–Kier alpha value is -2.63. The number of nitrogens with one attached hydrogen (secondary N) is 1. The number of piperazine rings is 2. The number of hydrogen-bond acceptors (Lipinski definition) is 5. The van der Waals surface area contributed by atoms with Gasteiger partial charge in [-0.05, 0) is 61.9 Å². The number of anilines is 3. The van der Waals surface area contributed by atoms with Crippen LogP contribution < -0.4 is 20.0 Å². The standard InChI is InChI=1S/C28H34N4S/c1-22-7-12-27(23(2)21-22)33-28-6-4-3-5-26(28)32-19-17-31(18-20-32)25-10-8-24(9-11-25)30-15-13-29-14-16-30/h3-12,21,29H,13-20H2,1-2H3. The fourth-order valence-electron chi connectivity index (χ4n) is 4.84. The van der Waals surface area contributed by atoms with Crippen molar-refractivity contribution in [1.29, 1.82) is 0 Å². The van der Waals surface area contributed by atoms with Gasteiger partial charge in [-0.3, -0.25) is 0 Å². The van der Waals surface area contributed by atoms with Gasteiger partial charge in [0.15, 0.2) is 0 Å². The van der Waals surface area contributed by atoms with Gasteiger partial charge in [-0.15, -0.1) is 0 Å². The molecule has 33 heavy (non-hydrogen) atoms. The summed E-state index contributed by atoms with van der Waals surface area (Å²) < 4.78 is 0. The lowest BCUT2D eigenvalue weighted by atomic mass is 10.2. The maximum absolute atomic E-state index is 3.43. The van der Waals surface area contributed by atoms with Crippen LogP contribution in [0.25, 0.3) is 0 Å². The number of hydrogen-bond donors (Lipinski definition) is 1. The molecule has 0 spiro atoms. The monoisotopic (exact) mass is 458 g/mol. The molecule has 0 atom stereocenters. The molecule has 2 saturated heterocycles. The van der Waals surface area contributed by atoms with Gasteiger partial charge in [0, 0.05) is 73.5 Å². The van der Waals surface area contributed by atoms with Gasteiger partial charge in [0.05, 0.1) is 5.69 Å². The summed E-state index contributed by atoms with van der Waals surface area (Å²) in [5.74, 6) is 0. The van der Waals surface area contributed by atoms with Gasteiger partial charge in [-0.2, -0.15) is 0 Å². The van der Waals surface area contributed by atoms with Crippen LogP contribution in [0.3, 0.4) is 0 Å². The van der Waals surface area contributed by atoms with Crippen molar-refractivity contribution < 1.29 is 0 Å². The predicted octanol–water partition coefficient (Wildman–Crippen LogP) is 5.19. The van der Waals surface area contributed by atoms with Gasteiger partial charge in [0.25, 0.3) is 0 Å². The molecule has 2 aliphatic rings. The molecular formula is C28H34N4S. The summed E-state index contributed by atoms with van der Waals surface area (Å²) in [5, 5.41) is 3.43. The number of nitrogens with zero attached hydrogens (tertiary/aromatic N) is 3. The zero-order valence-corrected chi connectivity index (χ0v) is 20.6. The van der Waals surface area contributed by atoms with E-state index in [2.05, 4.69) is 101 Å². The second kappa shape index (κ2) is 10.1. The van der Waals surface area contributed by atoms with Crippen molar-refractivity contribution in [2.24, 2.45) is 0 Å². The second-order valence-corrected chi connectivity index (χ2v) is 10.2. The second-order valence-electron chi connectivity index (χ2n) is 9.07. The third-order valence-corrected chi connectivity index (χ3v) is 7.98. The van der Waals surface area contributed by atoms with Gasteiger partial charge < -0.3 is 20.0 Å². The fraction of sp³-hybridized carbons (Fsp3) is 0.357. The van der Waals surface area contributed by atoms with Gasteiger partial charge >= 0.3 is 0 Å². The minimum Gasteiger partial charge on any atom is -0.369 e. The van der Waals surface area contributed by atoms with E-state index in [-0.39, 0.29) is 0 Å². The minimum absolute atomic E-state index is 1.05. The first-order valence-corrected chi connectivity index (χ1v) is 12.9. The molecule has 0 unspecified atom stereocenters. The van der Waals surface area contributed by atoms with Gasteiger partial charge in [0.2, 0.25) is 0 Å². The van der Waals surface area contributed by atoms with E-state index in [0.29, 0.717) is 0 Å². The molecule has 0 amide bonds. The SMILES string of the molecule is Cc1ccc(Sc2ccccc2N2CCN(c3ccc(N4CCNCC4)cc3)CC2)c(C)c1. The van der Waals surface area contributed by atoms with Crippen LogP contribution in [-0.4, -0.2) is 52.4 Å². The summed E-state index contributed by atoms with van der Waals surface area (Å²) in [6.45, 7) is 12.9. The van der Waals surface area contributed by atoms with E-state index >= 15 is 0 Å². The molecule has 2 aliphatic heterocycles. The van der Waals surface area contributed by atoms with E-state index in [1.165, 1.54) is 38.0 Å². The lowest BCUT2D eigenvalue weighted by molar-refractivity contribution is 0.589. The predicted molar refractivity (Wildman–Crippen MR) is 142 cm³/mol. The molecule has 5 heteroatoms. The Morgan fingerprint density at radius 2 is 1.24 bits per heavy atom. The third-order valence-electron chi connectivity index (χ3n) is 6.73. The molecule has 0 bridgehead atoms. The largest absolute Gasteiger partial charge is 0.369 e. The van der Waals surface area contributed by atoms with Crippen LogP contribution in [0, 0.1) is 13.8 Å². The molecule has 0 saturated carbocycles. The van der Waals surface area contributed by atoms with Crippen molar-refractivity contribution in [1.82, 2.24) is 5.32 Å². The van der Waals surface area contributed by atoms with E-state index in [9.17, 15) is 0 Å². The van der Waals surface area contributed by atoms with Crippen molar-refractivity contribution in [3.05, 3.63) is 77.9 Å². The molecular weight excluding hydrogens is 424 g/mol. The van der Waals surface area contributed by atoms with Crippen LogP contribution in [0.4, 0.5) is 17.1 Å². The van der Waals surface area contributed by atoms with E-state index in [1.807, 2.05) is 11.8 Å². The van der Waals surface area contributed by atoms with E-state index in [4.69, 9.17) is 0 Å². The van der Waals surface area contributed by atoms with Crippen LogP contribution in [0.1, 0.15) is 11.1 Å². The lowest BCUT2D eigenvalue weighted by Gasteiger charge is -2.38. The van der Waals surface area contributed by atoms with E-state index < -0.39 is 0 Å². The first-order chi connectivity index (χ1) is 16.2. The van der Waals surface area contributed by atoms with Crippen LogP contribution in [-0.2, 0) is 0 Å². The average Bonchev–Trinajstić information content (AvgIpc) is 2.87. The Bertz CT molecular complexity index is 1070.